The molecule has 0 aromatic carbocycles. The number of piperidine rings is 1. The smallest absolute Gasteiger partial charge is 0.255 e. The number of carbonyl (C=O) groups excluding carboxylic acids is 1. The molecule has 1 fully saturated rings. The average Bonchev–Trinajstić information content (AvgIpc) is 1.90. The molecule has 2 N–H and O–H groups in total. The summed E-state index contributed by atoms with van der Waals surface area (Å²) in [6.45, 7) is 0.898. The Morgan fingerprint density at radius 2 is 2.33 bits per heavy atom. The fraction of sp³-hybridized carbons (Fsp3) is 0.833. The molecule has 0 spiro atoms. The minimum absolute atomic E-state index is 0.168. The first-order chi connectivity index (χ1) is 4.30. The molecule has 0 saturated carbocycles. The van der Waals surface area contributed by atoms with Gasteiger partial charge in [-0.2, -0.15) is 0 Å². The predicted octanol–water partition coefficient (Wildman–Crippen LogP) is -0.0620. The number of nitrogens with one attached hydrogen (secondary N) is 2. The summed E-state index contributed by atoms with van der Waals surface area (Å²) in [5, 5.41) is 2.98. The van der Waals surface area contributed by atoms with Gasteiger partial charge in [0.1, 0.15) is 0 Å². The molecule has 3 heteroatoms. The monoisotopic (exact) mass is 127 g/mol. The highest BCUT2D eigenvalue weighted by molar-refractivity contribution is 5.79. The van der Waals surface area contributed by atoms with Crippen molar-refractivity contribution in [2.24, 2.45) is 0 Å². The Bertz CT molecular complexity index is 108. The fourth-order valence-electron chi connectivity index (χ4n) is 1.08. The molecule has 1 saturated heterocycles. The summed E-state index contributed by atoms with van der Waals surface area (Å²) in [5.41, 5.74) is 6.77. The molecular formula is C6H11N2O. The van der Waals surface area contributed by atoms with Gasteiger partial charge in [-0.3, -0.25) is 10.5 Å². The van der Waals surface area contributed by atoms with E-state index in [1.54, 1.807) is 0 Å². The van der Waals surface area contributed by atoms with Crippen molar-refractivity contribution in [2.75, 3.05) is 6.54 Å². The van der Waals surface area contributed by atoms with E-state index in [-0.39, 0.29) is 6.04 Å². The van der Waals surface area contributed by atoms with Gasteiger partial charge >= 0.3 is 0 Å². The summed E-state index contributed by atoms with van der Waals surface area (Å²) < 4.78 is 0. The SMILES string of the molecule is [NH]C(=O)[C@H]1CCCCN1. The topological polar surface area (TPSA) is 52.9 Å². The van der Waals surface area contributed by atoms with Crippen molar-refractivity contribution in [3.63, 3.8) is 0 Å². The van der Waals surface area contributed by atoms with Crippen LogP contribution in [0, 0.1) is 0 Å². The maximum Gasteiger partial charge on any atom is 0.255 e. The summed E-state index contributed by atoms with van der Waals surface area (Å²) >= 11 is 0. The maximum absolute atomic E-state index is 10.4. The van der Waals surface area contributed by atoms with Crippen LogP contribution in [-0.2, 0) is 4.79 Å². The zero-order valence-corrected chi connectivity index (χ0v) is 5.31. The third kappa shape index (κ3) is 1.68. The second-order valence-electron chi connectivity index (χ2n) is 2.37. The maximum atomic E-state index is 10.4. The number of rotatable bonds is 1. The first-order valence-corrected chi connectivity index (χ1v) is 3.29. The fourth-order valence-corrected chi connectivity index (χ4v) is 1.08. The van der Waals surface area contributed by atoms with E-state index in [4.69, 9.17) is 5.73 Å². The van der Waals surface area contributed by atoms with E-state index in [2.05, 4.69) is 5.32 Å². The van der Waals surface area contributed by atoms with Gasteiger partial charge in [-0.25, -0.2) is 0 Å². The van der Waals surface area contributed by atoms with Gasteiger partial charge in [-0.05, 0) is 19.4 Å². The molecule has 3 nitrogen and oxygen atoms in total. The van der Waals surface area contributed by atoms with Gasteiger partial charge in [-0.1, -0.05) is 6.42 Å². The van der Waals surface area contributed by atoms with Gasteiger partial charge in [-0.15, -0.1) is 0 Å². The van der Waals surface area contributed by atoms with Gasteiger partial charge < -0.3 is 5.32 Å². The Hall–Kier alpha value is -0.570. The third-order valence-electron chi connectivity index (χ3n) is 1.63. The lowest BCUT2D eigenvalue weighted by Gasteiger charge is -2.19. The Balaban J connectivity index is 2.31. The lowest BCUT2D eigenvalue weighted by Crippen LogP contribution is -2.40. The first kappa shape index (κ1) is 6.55. The number of amides is 1. The Morgan fingerprint density at radius 1 is 1.56 bits per heavy atom. The molecule has 1 atom stereocenters. The van der Waals surface area contributed by atoms with E-state index in [1.165, 1.54) is 0 Å². The van der Waals surface area contributed by atoms with Crippen LogP contribution in [0.1, 0.15) is 19.3 Å². The summed E-state index contributed by atoms with van der Waals surface area (Å²) in [5.74, 6) is -0.463. The van der Waals surface area contributed by atoms with Gasteiger partial charge in [0.25, 0.3) is 5.91 Å². The van der Waals surface area contributed by atoms with Crippen molar-refractivity contribution < 1.29 is 4.79 Å². The molecule has 9 heavy (non-hydrogen) atoms. The molecule has 0 aliphatic carbocycles. The molecule has 0 unspecified atom stereocenters. The minimum atomic E-state index is -0.463. The van der Waals surface area contributed by atoms with Crippen LogP contribution in [0.25, 0.3) is 0 Å². The van der Waals surface area contributed by atoms with Gasteiger partial charge in [0.2, 0.25) is 0 Å². The van der Waals surface area contributed by atoms with Crippen molar-refractivity contribution in [1.82, 2.24) is 11.1 Å². The van der Waals surface area contributed by atoms with Crippen LogP contribution in [0.3, 0.4) is 0 Å². The second-order valence-corrected chi connectivity index (χ2v) is 2.37. The zero-order valence-electron chi connectivity index (χ0n) is 5.31. The van der Waals surface area contributed by atoms with Crippen LogP contribution in [0.5, 0.6) is 0 Å². The highest BCUT2D eigenvalue weighted by Crippen LogP contribution is 2.05. The molecule has 1 amide bonds. The van der Waals surface area contributed by atoms with Crippen LogP contribution < -0.4 is 11.1 Å². The molecule has 51 valence electrons. The Labute approximate surface area is 54.6 Å². The molecule has 1 aliphatic heterocycles. The van der Waals surface area contributed by atoms with Gasteiger partial charge in [0.15, 0.2) is 0 Å². The molecule has 1 aliphatic rings. The summed E-state index contributed by atoms with van der Waals surface area (Å²) in [6, 6.07) is -0.168. The van der Waals surface area contributed by atoms with Crippen LogP contribution in [0.2, 0.25) is 0 Å². The van der Waals surface area contributed by atoms with Gasteiger partial charge in [0, 0.05) is 0 Å². The molecule has 1 heterocycles. The molecule has 1 radical (unpaired) electrons. The van der Waals surface area contributed by atoms with Crippen LogP contribution in [0.4, 0.5) is 0 Å². The first-order valence-electron chi connectivity index (χ1n) is 3.29. The molecule has 0 aromatic heterocycles. The lowest BCUT2D eigenvalue weighted by molar-refractivity contribution is -0.121. The summed E-state index contributed by atoms with van der Waals surface area (Å²) in [4.78, 5) is 10.4. The van der Waals surface area contributed by atoms with Crippen molar-refractivity contribution >= 4 is 5.91 Å². The van der Waals surface area contributed by atoms with Crippen LogP contribution in [-0.4, -0.2) is 18.5 Å². The van der Waals surface area contributed by atoms with E-state index in [9.17, 15) is 4.79 Å². The summed E-state index contributed by atoms with van der Waals surface area (Å²) in [6.07, 6.45) is 3.08. The molecule has 1 rings (SSSR count). The van der Waals surface area contributed by atoms with Crippen LogP contribution in [0.15, 0.2) is 0 Å². The number of hydrogen-bond acceptors (Lipinski definition) is 2. The van der Waals surface area contributed by atoms with Crippen molar-refractivity contribution in [3.05, 3.63) is 0 Å². The standard InChI is InChI=1S/C6H11N2O/c7-6(9)5-3-1-2-4-8-5/h5,7-8H,1-4H2/t5-/m1/s1. The zero-order chi connectivity index (χ0) is 6.69. The van der Waals surface area contributed by atoms with E-state index >= 15 is 0 Å². The number of carbonyl (C=O) groups is 1. The second kappa shape index (κ2) is 2.82. The normalized spacial score (nSPS) is 27.8. The molecule has 0 aromatic rings. The lowest BCUT2D eigenvalue weighted by atomic mass is 10.1. The van der Waals surface area contributed by atoms with Crippen LogP contribution >= 0.6 is 0 Å². The number of hydrogen-bond donors (Lipinski definition) is 1. The highest BCUT2D eigenvalue weighted by Gasteiger charge is 2.17. The van der Waals surface area contributed by atoms with Crippen molar-refractivity contribution in [2.45, 2.75) is 25.3 Å². The van der Waals surface area contributed by atoms with E-state index in [0.29, 0.717) is 0 Å². The average molecular weight is 127 g/mol. The minimum Gasteiger partial charge on any atom is -0.306 e. The largest absolute Gasteiger partial charge is 0.306 e. The predicted molar refractivity (Wildman–Crippen MR) is 33.7 cm³/mol. The molecule has 0 bridgehead atoms. The highest BCUT2D eigenvalue weighted by atomic mass is 16.1. The van der Waals surface area contributed by atoms with Crippen molar-refractivity contribution in [1.29, 1.82) is 0 Å². The third-order valence-corrected chi connectivity index (χ3v) is 1.63. The Kier molecular flexibility index (Phi) is 2.05. The summed E-state index contributed by atoms with van der Waals surface area (Å²) in [7, 11) is 0. The van der Waals surface area contributed by atoms with E-state index < -0.39 is 5.91 Å². The quantitative estimate of drug-likeness (QED) is 0.536. The van der Waals surface area contributed by atoms with Crippen molar-refractivity contribution in [3.8, 4) is 0 Å². The molecular weight excluding hydrogens is 116 g/mol. The van der Waals surface area contributed by atoms with E-state index in [0.717, 1.165) is 25.8 Å². The Morgan fingerprint density at radius 3 is 2.67 bits per heavy atom. The van der Waals surface area contributed by atoms with Gasteiger partial charge in [0.05, 0.1) is 6.04 Å². The van der Waals surface area contributed by atoms with E-state index in [1.807, 2.05) is 0 Å².